The van der Waals surface area contributed by atoms with E-state index in [2.05, 4.69) is 31.3 Å². The van der Waals surface area contributed by atoms with Crippen molar-refractivity contribution in [2.45, 2.75) is 39.0 Å². The van der Waals surface area contributed by atoms with Gasteiger partial charge in [0.2, 0.25) is 11.8 Å². The summed E-state index contributed by atoms with van der Waals surface area (Å²) in [6.07, 6.45) is 1.33. The van der Waals surface area contributed by atoms with Crippen LogP contribution >= 0.6 is 11.8 Å². The Bertz CT molecular complexity index is 835. The zero-order chi connectivity index (χ0) is 18.7. The predicted molar refractivity (Wildman–Crippen MR) is 109 cm³/mol. The topological polar surface area (TPSA) is 49.4 Å². The fourth-order valence-electron chi connectivity index (χ4n) is 3.05. The highest BCUT2D eigenvalue weighted by Gasteiger charge is 2.34. The normalized spacial score (nSPS) is 16.8. The van der Waals surface area contributed by atoms with Gasteiger partial charge >= 0.3 is 0 Å². The minimum atomic E-state index is -0.0763. The summed E-state index contributed by atoms with van der Waals surface area (Å²) in [6, 6.07) is 13.9. The van der Waals surface area contributed by atoms with Gasteiger partial charge in [-0.2, -0.15) is 0 Å². The van der Waals surface area contributed by atoms with Gasteiger partial charge in [0.25, 0.3) is 0 Å². The van der Waals surface area contributed by atoms with Gasteiger partial charge in [-0.3, -0.25) is 14.5 Å². The van der Waals surface area contributed by atoms with Gasteiger partial charge in [0.15, 0.2) is 0 Å². The number of benzene rings is 2. The Balaban J connectivity index is 1.88. The number of anilines is 2. The number of amides is 2. The lowest BCUT2D eigenvalue weighted by Gasteiger charge is -2.25. The Hall–Kier alpha value is -2.27. The van der Waals surface area contributed by atoms with E-state index < -0.39 is 0 Å². The van der Waals surface area contributed by atoms with Gasteiger partial charge < -0.3 is 5.32 Å². The van der Waals surface area contributed by atoms with Crippen LogP contribution < -0.4 is 10.2 Å². The molecule has 0 unspecified atom stereocenters. The summed E-state index contributed by atoms with van der Waals surface area (Å²) in [6.45, 7) is 6.11. The third kappa shape index (κ3) is 3.93. The van der Waals surface area contributed by atoms with Gasteiger partial charge in [-0.1, -0.05) is 25.1 Å². The van der Waals surface area contributed by atoms with Gasteiger partial charge in [0.1, 0.15) is 5.37 Å². The maximum absolute atomic E-state index is 12.5. The lowest BCUT2D eigenvalue weighted by Crippen LogP contribution is -2.28. The highest BCUT2D eigenvalue weighted by atomic mass is 32.2. The molecule has 1 heterocycles. The van der Waals surface area contributed by atoms with Gasteiger partial charge in [-0.05, 0) is 61.2 Å². The fraction of sp³-hybridized carbons (Fsp3) is 0.333. The van der Waals surface area contributed by atoms with E-state index in [1.807, 2.05) is 42.2 Å². The third-order valence-corrected chi connectivity index (χ3v) is 5.78. The Labute approximate surface area is 159 Å². The van der Waals surface area contributed by atoms with Crippen LogP contribution in [0.2, 0.25) is 0 Å². The number of nitrogens with zero attached hydrogens (tertiary/aromatic N) is 1. The van der Waals surface area contributed by atoms with Crippen molar-refractivity contribution >= 4 is 35.0 Å². The molecule has 1 saturated heterocycles. The largest absolute Gasteiger partial charge is 0.326 e. The summed E-state index contributed by atoms with van der Waals surface area (Å²) in [5, 5.41) is 2.86. The molecule has 1 atom stereocenters. The Morgan fingerprint density at radius 1 is 1.19 bits per heavy atom. The molecule has 2 aromatic rings. The van der Waals surface area contributed by atoms with Crippen molar-refractivity contribution in [3.8, 4) is 0 Å². The maximum Gasteiger partial charge on any atom is 0.238 e. The van der Waals surface area contributed by atoms with E-state index in [-0.39, 0.29) is 17.2 Å². The van der Waals surface area contributed by atoms with Crippen LogP contribution in [0.15, 0.2) is 42.5 Å². The molecule has 0 radical (unpaired) electrons. The molecule has 136 valence electrons. The van der Waals surface area contributed by atoms with Crippen molar-refractivity contribution in [2.75, 3.05) is 16.0 Å². The standard InChI is InChI=1S/C21H24N2O2S/c1-4-6-19(24)22-17-8-5-7-16(12-17)21-23(20(25)13-26-21)18-10-9-14(2)15(3)11-18/h5,7-12,21H,4,6,13H2,1-3H3,(H,22,24)/t21-/m1/s1. The van der Waals surface area contributed by atoms with Crippen molar-refractivity contribution in [3.05, 3.63) is 59.2 Å². The van der Waals surface area contributed by atoms with E-state index in [0.717, 1.165) is 23.4 Å². The van der Waals surface area contributed by atoms with Crippen LogP contribution in [-0.4, -0.2) is 17.6 Å². The molecule has 1 aliphatic rings. The van der Waals surface area contributed by atoms with Gasteiger partial charge in [0.05, 0.1) is 5.75 Å². The molecule has 2 amide bonds. The molecule has 0 aliphatic carbocycles. The molecule has 4 nitrogen and oxygen atoms in total. The smallest absolute Gasteiger partial charge is 0.238 e. The lowest BCUT2D eigenvalue weighted by molar-refractivity contribution is -0.116. The zero-order valence-corrected chi connectivity index (χ0v) is 16.2. The first kappa shape index (κ1) is 18.5. The lowest BCUT2D eigenvalue weighted by atomic mass is 10.1. The van der Waals surface area contributed by atoms with E-state index in [1.54, 1.807) is 11.8 Å². The average Bonchev–Trinajstić information content (AvgIpc) is 2.99. The predicted octanol–water partition coefficient (Wildman–Crippen LogP) is 4.82. The third-order valence-electron chi connectivity index (χ3n) is 4.57. The molecule has 0 bridgehead atoms. The number of aryl methyl sites for hydroxylation is 2. The molecule has 1 aliphatic heterocycles. The molecular weight excluding hydrogens is 344 g/mol. The number of carbonyl (C=O) groups is 2. The molecule has 1 N–H and O–H groups in total. The van der Waals surface area contributed by atoms with E-state index in [0.29, 0.717) is 12.2 Å². The van der Waals surface area contributed by atoms with Gasteiger partial charge in [-0.25, -0.2) is 0 Å². The highest BCUT2D eigenvalue weighted by Crippen LogP contribution is 2.42. The van der Waals surface area contributed by atoms with Crippen LogP contribution in [-0.2, 0) is 9.59 Å². The first-order valence-corrected chi connectivity index (χ1v) is 9.95. The summed E-state index contributed by atoms with van der Waals surface area (Å²) in [5.74, 6) is 0.596. The average molecular weight is 369 g/mol. The summed E-state index contributed by atoms with van der Waals surface area (Å²) in [4.78, 5) is 26.3. The second-order valence-electron chi connectivity index (χ2n) is 6.62. The van der Waals surface area contributed by atoms with Crippen LogP contribution in [0.25, 0.3) is 0 Å². The second-order valence-corrected chi connectivity index (χ2v) is 7.69. The monoisotopic (exact) mass is 368 g/mol. The minimum absolute atomic E-state index is 0.0193. The minimum Gasteiger partial charge on any atom is -0.326 e. The van der Waals surface area contributed by atoms with Crippen LogP contribution in [0, 0.1) is 13.8 Å². The molecule has 2 aromatic carbocycles. The number of nitrogens with one attached hydrogen (secondary N) is 1. The number of carbonyl (C=O) groups excluding carboxylic acids is 2. The van der Waals surface area contributed by atoms with Crippen molar-refractivity contribution in [1.29, 1.82) is 0 Å². The number of thioether (sulfide) groups is 1. The summed E-state index contributed by atoms with van der Waals surface area (Å²) < 4.78 is 0. The van der Waals surface area contributed by atoms with E-state index >= 15 is 0 Å². The summed E-state index contributed by atoms with van der Waals surface area (Å²) in [7, 11) is 0. The SMILES string of the molecule is CCCC(=O)Nc1cccc([C@H]2SCC(=O)N2c2ccc(C)c(C)c2)c1. The molecule has 0 saturated carbocycles. The first-order valence-electron chi connectivity index (χ1n) is 8.90. The van der Waals surface area contributed by atoms with Gasteiger partial charge in [0, 0.05) is 17.8 Å². The van der Waals surface area contributed by atoms with E-state index in [9.17, 15) is 9.59 Å². The van der Waals surface area contributed by atoms with Crippen LogP contribution in [0.1, 0.15) is 41.8 Å². The van der Waals surface area contributed by atoms with Crippen molar-refractivity contribution in [2.24, 2.45) is 0 Å². The quantitative estimate of drug-likeness (QED) is 0.823. The van der Waals surface area contributed by atoms with Crippen molar-refractivity contribution < 1.29 is 9.59 Å². The van der Waals surface area contributed by atoms with Crippen molar-refractivity contribution in [3.63, 3.8) is 0 Å². The van der Waals surface area contributed by atoms with Crippen LogP contribution in [0.5, 0.6) is 0 Å². The fourth-order valence-corrected chi connectivity index (χ4v) is 4.21. The Kier molecular flexibility index (Phi) is 5.67. The summed E-state index contributed by atoms with van der Waals surface area (Å²) in [5.41, 5.74) is 5.11. The van der Waals surface area contributed by atoms with Crippen LogP contribution in [0.4, 0.5) is 11.4 Å². The molecular formula is C21H24N2O2S. The molecule has 3 rings (SSSR count). The van der Waals surface area contributed by atoms with Crippen LogP contribution in [0.3, 0.4) is 0 Å². The molecule has 1 fully saturated rings. The second kappa shape index (κ2) is 7.96. The summed E-state index contributed by atoms with van der Waals surface area (Å²) >= 11 is 1.62. The molecule has 0 aromatic heterocycles. The number of rotatable bonds is 5. The van der Waals surface area contributed by atoms with E-state index in [4.69, 9.17) is 0 Å². The maximum atomic E-state index is 12.5. The molecule has 26 heavy (non-hydrogen) atoms. The first-order chi connectivity index (χ1) is 12.5. The zero-order valence-electron chi connectivity index (χ0n) is 15.4. The highest BCUT2D eigenvalue weighted by molar-refractivity contribution is 8.00. The number of hydrogen-bond acceptors (Lipinski definition) is 3. The van der Waals surface area contributed by atoms with E-state index in [1.165, 1.54) is 11.1 Å². The Morgan fingerprint density at radius 2 is 2.00 bits per heavy atom. The molecule has 5 heteroatoms. The van der Waals surface area contributed by atoms with Crippen molar-refractivity contribution in [1.82, 2.24) is 0 Å². The Morgan fingerprint density at radius 3 is 2.73 bits per heavy atom. The number of hydrogen-bond donors (Lipinski definition) is 1. The van der Waals surface area contributed by atoms with Gasteiger partial charge in [-0.15, -0.1) is 11.8 Å². The molecule has 0 spiro atoms.